The minimum Gasteiger partial charge on any atom is -0.454 e. The summed E-state index contributed by atoms with van der Waals surface area (Å²) in [5.74, 6) is -1.10. The highest BCUT2D eigenvalue weighted by Gasteiger charge is 2.40. The van der Waals surface area contributed by atoms with Crippen LogP contribution in [0.15, 0.2) is 0 Å². The van der Waals surface area contributed by atoms with Crippen molar-refractivity contribution < 1.29 is 28.9 Å². The summed E-state index contributed by atoms with van der Waals surface area (Å²) >= 11 is 0. The second-order valence-corrected chi connectivity index (χ2v) is 8.41. The highest BCUT2D eigenvalue weighted by molar-refractivity contribution is 5.82. The van der Waals surface area contributed by atoms with Crippen molar-refractivity contribution in [1.29, 1.82) is 0 Å². The molecule has 0 aromatic heterocycles. The number of aliphatic hydroxyl groups is 1. The van der Waals surface area contributed by atoms with E-state index < -0.39 is 12.1 Å². The van der Waals surface area contributed by atoms with Gasteiger partial charge in [0.15, 0.2) is 12.7 Å². The number of nitrogens with one attached hydrogen (secondary N) is 1. The molecule has 3 aliphatic heterocycles. The van der Waals surface area contributed by atoms with Crippen molar-refractivity contribution in [3.05, 3.63) is 0 Å². The monoisotopic (exact) mass is 428 g/mol. The molecule has 8 heteroatoms. The Labute approximate surface area is 180 Å². The van der Waals surface area contributed by atoms with Gasteiger partial charge in [0, 0.05) is 13.1 Å². The molecule has 0 aromatic carbocycles. The number of ether oxygens (including phenoxy) is 3. The number of nitrogens with zero attached hydrogens (tertiary/aromatic N) is 1. The fourth-order valence-electron chi connectivity index (χ4n) is 4.09. The van der Waals surface area contributed by atoms with Crippen LogP contribution in [0.1, 0.15) is 65.2 Å². The van der Waals surface area contributed by atoms with Gasteiger partial charge in [0.1, 0.15) is 6.79 Å². The van der Waals surface area contributed by atoms with Crippen molar-refractivity contribution in [2.45, 2.75) is 83.5 Å². The van der Waals surface area contributed by atoms with E-state index in [1.807, 2.05) is 0 Å². The summed E-state index contributed by atoms with van der Waals surface area (Å²) in [4.78, 5) is 25.5. The van der Waals surface area contributed by atoms with Crippen molar-refractivity contribution in [2.24, 2.45) is 5.92 Å². The van der Waals surface area contributed by atoms with Crippen LogP contribution in [0.4, 0.5) is 0 Å². The van der Waals surface area contributed by atoms with Crippen LogP contribution in [0.3, 0.4) is 0 Å². The molecule has 0 radical (unpaired) electrons. The van der Waals surface area contributed by atoms with E-state index in [2.05, 4.69) is 19.2 Å². The maximum Gasteiger partial charge on any atom is 0.335 e. The first kappa shape index (κ1) is 25.0. The third kappa shape index (κ3) is 8.13. The SMILES string of the molecule is C1CCNC1.CCC.O=C(OCC(=O)N1CCCC1)C(O)C1CCC2OCOC2C1. The van der Waals surface area contributed by atoms with Crippen LogP contribution in [-0.4, -0.2) is 79.8 Å². The molecule has 4 rings (SSSR count). The smallest absolute Gasteiger partial charge is 0.335 e. The van der Waals surface area contributed by atoms with Crippen LogP contribution in [-0.2, 0) is 23.8 Å². The number of carbonyl (C=O) groups excluding carboxylic acids is 2. The molecule has 4 aliphatic rings. The standard InChI is InChI=1S/C15H23NO6.C4H9N.C3H8/c17-13(16-5-1-2-6-16)8-20-15(19)14(18)10-3-4-11-12(7-10)22-9-21-11;1-2-4-5-3-1;1-3-2/h10-12,14,18H,1-9H2;5H,1-4H2;3H2,1-2H3. The summed E-state index contributed by atoms with van der Waals surface area (Å²) in [6.07, 6.45) is 6.90. The topological polar surface area (TPSA) is 97.3 Å². The lowest BCUT2D eigenvalue weighted by Crippen LogP contribution is -2.41. The van der Waals surface area contributed by atoms with Crippen LogP contribution in [0.25, 0.3) is 0 Å². The Morgan fingerprint density at radius 3 is 2.30 bits per heavy atom. The van der Waals surface area contributed by atoms with Crippen molar-refractivity contribution in [3.8, 4) is 0 Å². The van der Waals surface area contributed by atoms with E-state index >= 15 is 0 Å². The summed E-state index contributed by atoms with van der Waals surface area (Å²) in [6, 6.07) is 0. The van der Waals surface area contributed by atoms with Gasteiger partial charge in [-0.2, -0.15) is 0 Å². The molecule has 30 heavy (non-hydrogen) atoms. The summed E-state index contributed by atoms with van der Waals surface area (Å²) in [7, 11) is 0. The fourth-order valence-corrected chi connectivity index (χ4v) is 4.09. The Hall–Kier alpha value is -1.22. The van der Waals surface area contributed by atoms with Gasteiger partial charge < -0.3 is 29.5 Å². The van der Waals surface area contributed by atoms with Gasteiger partial charge in [-0.15, -0.1) is 0 Å². The molecule has 4 fully saturated rings. The zero-order valence-corrected chi connectivity index (χ0v) is 18.6. The second kappa shape index (κ2) is 14.0. The first-order valence-electron chi connectivity index (χ1n) is 11.6. The van der Waals surface area contributed by atoms with Crippen molar-refractivity contribution >= 4 is 11.9 Å². The van der Waals surface area contributed by atoms with Crippen molar-refractivity contribution in [2.75, 3.05) is 39.6 Å². The third-order valence-corrected chi connectivity index (χ3v) is 5.78. The quantitative estimate of drug-likeness (QED) is 0.660. The molecule has 1 amide bonds. The van der Waals surface area contributed by atoms with Crippen molar-refractivity contribution in [1.82, 2.24) is 10.2 Å². The zero-order chi connectivity index (χ0) is 21.8. The lowest BCUT2D eigenvalue weighted by molar-refractivity contribution is -0.162. The van der Waals surface area contributed by atoms with Gasteiger partial charge in [0.05, 0.1) is 12.2 Å². The maximum atomic E-state index is 11.9. The van der Waals surface area contributed by atoms with Crippen LogP contribution in [0.2, 0.25) is 0 Å². The van der Waals surface area contributed by atoms with Gasteiger partial charge in [0.2, 0.25) is 0 Å². The lowest BCUT2D eigenvalue weighted by atomic mass is 9.82. The minimum atomic E-state index is -1.20. The van der Waals surface area contributed by atoms with E-state index in [4.69, 9.17) is 14.2 Å². The molecular weight excluding hydrogens is 388 g/mol. The summed E-state index contributed by atoms with van der Waals surface area (Å²) < 4.78 is 15.8. The predicted molar refractivity (Wildman–Crippen MR) is 113 cm³/mol. The van der Waals surface area contributed by atoms with Crippen molar-refractivity contribution in [3.63, 3.8) is 0 Å². The van der Waals surface area contributed by atoms with Crippen LogP contribution >= 0.6 is 0 Å². The normalized spacial score (nSPS) is 28.5. The summed E-state index contributed by atoms with van der Waals surface area (Å²) in [5.41, 5.74) is 0. The molecule has 3 heterocycles. The van der Waals surface area contributed by atoms with Gasteiger partial charge in [-0.3, -0.25) is 4.79 Å². The van der Waals surface area contributed by atoms with Gasteiger partial charge in [-0.05, 0) is 64.0 Å². The minimum absolute atomic E-state index is 0.0487. The lowest BCUT2D eigenvalue weighted by Gasteiger charge is -2.31. The first-order chi connectivity index (χ1) is 14.6. The van der Waals surface area contributed by atoms with E-state index in [0.29, 0.717) is 12.8 Å². The Morgan fingerprint density at radius 2 is 1.70 bits per heavy atom. The van der Waals surface area contributed by atoms with Gasteiger partial charge in [-0.1, -0.05) is 20.3 Å². The number of fused-ring (bicyclic) bond motifs is 1. The number of hydrogen-bond donors (Lipinski definition) is 2. The second-order valence-electron chi connectivity index (χ2n) is 8.41. The molecule has 4 atom stereocenters. The molecular formula is C22H40N2O6. The Balaban J connectivity index is 0.000000338. The first-order valence-corrected chi connectivity index (χ1v) is 11.6. The average molecular weight is 429 g/mol. The molecule has 0 bridgehead atoms. The average Bonchev–Trinajstić information content (AvgIpc) is 3.54. The molecule has 1 saturated carbocycles. The number of amides is 1. The molecule has 0 spiro atoms. The highest BCUT2D eigenvalue weighted by atomic mass is 16.7. The predicted octanol–water partition coefficient (Wildman–Crippen LogP) is 1.84. The largest absolute Gasteiger partial charge is 0.454 e. The van der Waals surface area contributed by atoms with E-state index in [1.165, 1.54) is 32.4 Å². The van der Waals surface area contributed by atoms with E-state index in [1.54, 1.807) is 4.90 Å². The molecule has 2 N–H and O–H groups in total. The highest BCUT2D eigenvalue weighted by Crippen LogP contribution is 2.34. The molecule has 0 aromatic rings. The Morgan fingerprint density at radius 1 is 1.07 bits per heavy atom. The maximum absolute atomic E-state index is 11.9. The van der Waals surface area contributed by atoms with Crippen LogP contribution in [0, 0.1) is 5.92 Å². The molecule has 3 saturated heterocycles. The number of carbonyl (C=O) groups is 2. The van der Waals surface area contributed by atoms with Gasteiger partial charge in [0.25, 0.3) is 5.91 Å². The van der Waals surface area contributed by atoms with Crippen LogP contribution < -0.4 is 5.32 Å². The van der Waals surface area contributed by atoms with Gasteiger partial charge >= 0.3 is 5.97 Å². The van der Waals surface area contributed by atoms with Gasteiger partial charge in [-0.25, -0.2) is 4.79 Å². The number of rotatable bonds is 4. The van der Waals surface area contributed by atoms with E-state index in [0.717, 1.165) is 32.4 Å². The third-order valence-electron chi connectivity index (χ3n) is 5.78. The zero-order valence-electron chi connectivity index (χ0n) is 18.6. The summed E-state index contributed by atoms with van der Waals surface area (Å²) in [5, 5.41) is 13.4. The number of esters is 1. The van der Waals surface area contributed by atoms with E-state index in [-0.39, 0.29) is 37.4 Å². The fraction of sp³-hybridized carbons (Fsp3) is 0.909. The summed E-state index contributed by atoms with van der Waals surface area (Å²) in [6.45, 7) is 8.20. The number of aliphatic hydroxyl groups excluding tert-OH is 1. The number of hydrogen-bond acceptors (Lipinski definition) is 7. The Kier molecular flexibility index (Phi) is 11.7. The molecule has 8 nitrogen and oxygen atoms in total. The number of likely N-dealkylation sites (tertiary alicyclic amines) is 1. The van der Waals surface area contributed by atoms with E-state index in [9.17, 15) is 14.7 Å². The Bertz CT molecular complexity index is 500. The molecule has 174 valence electrons. The molecule has 4 unspecified atom stereocenters. The molecule has 1 aliphatic carbocycles. The van der Waals surface area contributed by atoms with Crippen LogP contribution in [0.5, 0.6) is 0 Å².